The number of alkyl halides is 1. The van der Waals surface area contributed by atoms with Gasteiger partial charge < -0.3 is 10.0 Å². The van der Waals surface area contributed by atoms with Crippen molar-refractivity contribution in [1.29, 1.82) is 0 Å². The van der Waals surface area contributed by atoms with Crippen LogP contribution in [0, 0.1) is 13.8 Å². The summed E-state index contributed by atoms with van der Waals surface area (Å²) in [5, 5.41) is 16.8. The number of benzene rings is 1. The molecule has 1 saturated heterocycles. The number of aryl methyl sites for hydroxylation is 1. The number of carboxylic acid groups (broad SMARTS) is 1. The number of halogens is 1. The van der Waals surface area contributed by atoms with Gasteiger partial charge in [0.15, 0.2) is 5.69 Å². The molecule has 1 aromatic heterocycles. The molecule has 0 aliphatic carbocycles. The van der Waals surface area contributed by atoms with Crippen LogP contribution in [-0.2, 0) is 4.79 Å². The second-order valence-electron chi connectivity index (χ2n) is 6.02. The van der Waals surface area contributed by atoms with Crippen LogP contribution in [0.15, 0.2) is 24.3 Å². The van der Waals surface area contributed by atoms with Gasteiger partial charge in [0.05, 0.1) is 17.9 Å². The highest BCUT2D eigenvalue weighted by atomic mass is 19.1. The van der Waals surface area contributed by atoms with Gasteiger partial charge in [0, 0.05) is 13.0 Å². The molecule has 8 heteroatoms. The highest BCUT2D eigenvalue weighted by molar-refractivity contribution is 5.94. The third-order valence-electron chi connectivity index (χ3n) is 4.27. The Balaban J connectivity index is 1.85. The fourth-order valence-electron chi connectivity index (χ4n) is 2.73. The van der Waals surface area contributed by atoms with Crippen molar-refractivity contribution in [3.05, 3.63) is 41.2 Å². The number of hydrogen-bond acceptors (Lipinski definition) is 4. The first-order valence-corrected chi connectivity index (χ1v) is 7.53. The van der Waals surface area contributed by atoms with E-state index in [9.17, 15) is 14.0 Å². The van der Waals surface area contributed by atoms with Crippen LogP contribution in [0.2, 0.25) is 0 Å². The maximum atomic E-state index is 14.1. The number of aromatic nitrogens is 3. The number of hydrogen-bond donors (Lipinski definition) is 1. The number of nitrogens with zero attached hydrogens (tertiary/aromatic N) is 4. The lowest BCUT2D eigenvalue weighted by Crippen LogP contribution is -2.39. The summed E-state index contributed by atoms with van der Waals surface area (Å²) in [5.74, 6) is -2.05. The van der Waals surface area contributed by atoms with Gasteiger partial charge in [0.1, 0.15) is 0 Å². The van der Waals surface area contributed by atoms with Crippen LogP contribution in [0.1, 0.15) is 28.2 Å². The van der Waals surface area contributed by atoms with Crippen molar-refractivity contribution in [2.75, 3.05) is 13.1 Å². The van der Waals surface area contributed by atoms with E-state index in [0.29, 0.717) is 5.69 Å². The molecule has 2 aromatic rings. The van der Waals surface area contributed by atoms with E-state index in [1.165, 1.54) is 9.58 Å². The van der Waals surface area contributed by atoms with Crippen molar-refractivity contribution in [2.24, 2.45) is 0 Å². The fraction of sp³-hybridized carbons (Fsp3) is 0.375. The lowest BCUT2D eigenvalue weighted by molar-refractivity contribution is -0.149. The SMILES string of the molecule is Cc1ccc(-n2nnc(C(=O)N3CCC(F)(C(=O)O)C3)c2C)cc1. The van der Waals surface area contributed by atoms with Crippen molar-refractivity contribution < 1.29 is 19.1 Å². The van der Waals surface area contributed by atoms with Gasteiger partial charge in [0.2, 0.25) is 5.67 Å². The maximum Gasteiger partial charge on any atom is 0.343 e. The minimum atomic E-state index is -2.39. The van der Waals surface area contributed by atoms with Gasteiger partial charge in [-0.25, -0.2) is 13.9 Å². The summed E-state index contributed by atoms with van der Waals surface area (Å²) in [6.45, 7) is 3.23. The molecule has 0 spiro atoms. The van der Waals surface area contributed by atoms with Gasteiger partial charge in [-0.15, -0.1) is 5.10 Å². The Labute approximate surface area is 137 Å². The lowest BCUT2D eigenvalue weighted by atomic mass is 10.1. The second-order valence-corrected chi connectivity index (χ2v) is 6.02. The zero-order valence-electron chi connectivity index (χ0n) is 13.4. The van der Waals surface area contributed by atoms with Gasteiger partial charge in [-0.05, 0) is 26.0 Å². The molecular formula is C16H17FN4O3. The Morgan fingerprint density at radius 3 is 2.50 bits per heavy atom. The largest absolute Gasteiger partial charge is 0.479 e. The van der Waals surface area contributed by atoms with E-state index >= 15 is 0 Å². The van der Waals surface area contributed by atoms with Crippen LogP contribution in [0.3, 0.4) is 0 Å². The molecule has 24 heavy (non-hydrogen) atoms. The molecule has 0 bridgehead atoms. The molecular weight excluding hydrogens is 315 g/mol. The standard InChI is InChI=1S/C16H17FN4O3/c1-10-3-5-12(6-4-10)21-11(2)13(18-19-21)14(22)20-8-7-16(17,9-20)15(23)24/h3-6H,7-9H2,1-2H3,(H,23,24). The molecule has 1 fully saturated rings. The number of rotatable bonds is 3. The van der Waals surface area contributed by atoms with E-state index in [2.05, 4.69) is 10.3 Å². The zero-order chi connectivity index (χ0) is 17.5. The van der Waals surface area contributed by atoms with Crippen LogP contribution in [0.25, 0.3) is 5.69 Å². The summed E-state index contributed by atoms with van der Waals surface area (Å²) in [4.78, 5) is 24.7. The van der Waals surface area contributed by atoms with Crippen LogP contribution < -0.4 is 0 Å². The molecule has 3 rings (SSSR count). The van der Waals surface area contributed by atoms with Crippen molar-refractivity contribution in [3.8, 4) is 5.69 Å². The van der Waals surface area contributed by atoms with Crippen LogP contribution in [0.4, 0.5) is 4.39 Å². The average Bonchev–Trinajstić information content (AvgIpc) is 3.12. The molecule has 126 valence electrons. The first-order valence-electron chi connectivity index (χ1n) is 7.53. The van der Waals surface area contributed by atoms with Crippen LogP contribution in [-0.4, -0.2) is 55.6 Å². The highest BCUT2D eigenvalue weighted by Gasteiger charge is 2.47. The van der Waals surface area contributed by atoms with Crippen LogP contribution in [0.5, 0.6) is 0 Å². The number of aliphatic carboxylic acids is 1. The summed E-state index contributed by atoms with van der Waals surface area (Å²) in [5.41, 5.74) is 0.0892. The maximum absolute atomic E-state index is 14.1. The number of carbonyl (C=O) groups excluding carboxylic acids is 1. The van der Waals surface area contributed by atoms with E-state index in [1.807, 2.05) is 31.2 Å². The van der Waals surface area contributed by atoms with E-state index in [0.717, 1.165) is 11.3 Å². The van der Waals surface area contributed by atoms with Gasteiger partial charge >= 0.3 is 5.97 Å². The van der Waals surface area contributed by atoms with E-state index in [1.54, 1.807) is 6.92 Å². The monoisotopic (exact) mass is 332 g/mol. The summed E-state index contributed by atoms with van der Waals surface area (Å²) in [6.07, 6.45) is -0.223. The number of carboxylic acids is 1. The number of likely N-dealkylation sites (tertiary alicyclic amines) is 1. The molecule has 0 radical (unpaired) electrons. The molecule has 1 atom stereocenters. The molecule has 1 N–H and O–H groups in total. The average molecular weight is 332 g/mol. The Kier molecular flexibility index (Phi) is 3.82. The molecule has 2 heterocycles. The number of carbonyl (C=O) groups is 2. The summed E-state index contributed by atoms with van der Waals surface area (Å²) in [6, 6.07) is 7.56. The first kappa shape index (κ1) is 16.1. The summed E-state index contributed by atoms with van der Waals surface area (Å²) in [7, 11) is 0. The van der Waals surface area contributed by atoms with Gasteiger partial charge in [0.25, 0.3) is 5.91 Å². The predicted molar refractivity (Wildman–Crippen MR) is 82.8 cm³/mol. The lowest BCUT2D eigenvalue weighted by Gasteiger charge is -2.16. The third-order valence-corrected chi connectivity index (χ3v) is 4.27. The third kappa shape index (κ3) is 2.64. The molecule has 7 nitrogen and oxygen atoms in total. The fourth-order valence-corrected chi connectivity index (χ4v) is 2.73. The first-order chi connectivity index (χ1) is 11.3. The second kappa shape index (κ2) is 5.70. The van der Waals surface area contributed by atoms with Gasteiger partial charge in [-0.1, -0.05) is 22.9 Å². The zero-order valence-corrected chi connectivity index (χ0v) is 13.4. The Bertz CT molecular complexity index is 802. The van der Waals surface area contributed by atoms with Crippen molar-refractivity contribution in [3.63, 3.8) is 0 Å². The highest BCUT2D eigenvalue weighted by Crippen LogP contribution is 2.27. The Morgan fingerprint density at radius 1 is 1.25 bits per heavy atom. The molecule has 0 saturated carbocycles. The van der Waals surface area contributed by atoms with Gasteiger partial charge in [-0.2, -0.15) is 0 Å². The van der Waals surface area contributed by atoms with Crippen molar-refractivity contribution >= 4 is 11.9 Å². The Hall–Kier alpha value is -2.77. The van der Waals surface area contributed by atoms with Crippen molar-refractivity contribution in [2.45, 2.75) is 25.9 Å². The topological polar surface area (TPSA) is 88.3 Å². The molecule has 1 aromatic carbocycles. The number of amides is 1. The van der Waals surface area contributed by atoms with Crippen LogP contribution >= 0.6 is 0 Å². The summed E-state index contributed by atoms with van der Waals surface area (Å²) < 4.78 is 15.7. The predicted octanol–water partition coefficient (Wildman–Crippen LogP) is 1.52. The molecule has 1 aliphatic heterocycles. The minimum absolute atomic E-state index is 0.0401. The minimum Gasteiger partial charge on any atom is -0.479 e. The molecule has 1 aliphatic rings. The van der Waals surface area contributed by atoms with E-state index < -0.39 is 24.1 Å². The molecule has 1 amide bonds. The smallest absolute Gasteiger partial charge is 0.343 e. The Morgan fingerprint density at radius 2 is 1.92 bits per heavy atom. The normalized spacial score (nSPS) is 20.4. The quantitative estimate of drug-likeness (QED) is 0.921. The van der Waals surface area contributed by atoms with E-state index in [4.69, 9.17) is 5.11 Å². The summed E-state index contributed by atoms with van der Waals surface area (Å²) >= 11 is 0. The van der Waals surface area contributed by atoms with E-state index in [-0.39, 0.29) is 18.7 Å². The molecule has 1 unspecified atom stereocenters. The van der Waals surface area contributed by atoms with Gasteiger partial charge in [-0.3, -0.25) is 4.79 Å². The van der Waals surface area contributed by atoms with Crippen molar-refractivity contribution in [1.82, 2.24) is 19.9 Å².